The largest absolute Gasteiger partial charge is 0.527 e. The molecule has 5 amide bonds. The van der Waals surface area contributed by atoms with Gasteiger partial charge in [0, 0.05) is 31.4 Å². The van der Waals surface area contributed by atoms with Crippen LogP contribution in [0.1, 0.15) is 39.7 Å². The molecule has 1 unspecified atom stereocenters. The average Bonchev–Trinajstić information content (AvgIpc) is 3.06. The van der Waals surface area contributed by atoms with Gasteiger partial charge in [0.05, 0.1) is 11.5 Å². The molecular weight excluding hydrogens is 883 g/mol. The van der Waals surface area contributed by atoms with E-state index in [-0.39, 0.29) is 36.5 Å². The summed E-state index contributed by atoms with van der Waals surface area (Å²) >= 11 is 0. The summed E-state index contributed by atoms with van der Waals surface area (Å²) in [6, 6.07) is 11.3. The number of carbonyl (C=O) groups is 4. The summed E-state index contributed by atoms with van der Waals surface area (Å²) in [4.78, 5) is 62.8. The summed E-state index contributed by atoms with van der Waals surface area (Å²) < 4.78 is 9.86. The third-order valence-electron chi connectivity index (χ3n) is 5.42. The minimum absolute atomic E-state index is 0. The molecule has 7 N–H and O–H groups in total. The Balaban J connectivity index is -0.000000783. The normalized spacial score (nSPS) is 9.84. The number of hydrogen-bond acceptors (Lipinski definition) is 10. The first-order valence-corrected chi connectivity index (χ1v) is 14.6. The van der Waals surface area contributed by atoms with Gasteiger partial charge in [0.25, 0.3) is 5.69 Å². The van der Waals surface area contributed by atoms with Gasteiger partial charge < -0.3 is 46.6 Å². The third kappa shape index (κ3) is 27.1. The molecule has 0 saturated heterocycles. The van der Waals surface area contributed by atoms with Crippen LogP contribution in [0.25, 0.3) is 0 Å². The second-order valence-electron chi connectivity index (χ2n) is 9.59. The van der Waals surface area contributed by atoms with Crippen LogP contribution in [0.3, 0.4) is 0 Å². The van der Waals surface area contributed by atoms with Gasteiger partial charge in [-0.1, -0.05) is 45.6 Å². The van der Waals surface area contributed by atoms with Crippen molar-refractivity contribution >= 4 is 42.3 Å². The molecular formula is C32H46FmN7O9-. The number of nitrogens with one attached hydrogen (secondary N) is 5. The average molecular weight is 930 g/mol. The summed E-state index contributed by atoms with van der Waals surface area (Å²) in [5, 5.41) is 23.2. The van der Waals surface area contributed by atoms with Crippen LogP contribution in [-0.4, -0.2) is 62.0 Å². The Morgan fingerprint density at radius 1 is 1.08 bits per heavy atom. The standard InChI is InChI=1S/C17H15N3O7.C6H12NO.C5H9N.C4H10N2O.Fm/c21-11-18-9-16(22)19-13-3-1-12(2-4-13)10-26-17(23)27-15-7-5-14(6-8-15)20(24)25;1-5(2)6(3)7-4-8;1-3-4-5-6-2;1-2-3-6-4(5)7;/h1-8,11H,9-10H2,(H,18,21)(H,19,22);5-6H,1-3H3,(H,7,8);3-6H,1H2,2H3;2-3H2,1H3,(H3,5,6,7);/q;-1;;;/b;;5-4-;;. The second kappa shape index (κ2) is 29.8. The Morgan fingerprint density at radius 3 is 2.08 bits per heavy atom. The van der Waals surface area contributed by atoms with Crippen molar-refractivity contribution in [1.29, 1.82) is 0 Å². The Labute approximate surface area is 280 Å². The molecule has 0 heterocycles. The molecule has 0 spiro atoms. The predicted octanol–water partition coefficient (Wildman–Crippen LogP) is 3.65. The zero-order chi connectivity index (χ0) is 36.7. The van der Waals surface area contributed by atoms with Crippen LogP contribution >= 0.6 is 0 Å². The predicted molar refractivity (Wildman–Crippen MR) is 182 cm³/mol. The fourth-order valence-corrected chi connectivity index (χ4v) is 2.60. The summed E-state index contributed by atoms with van der Waals surface area (Å²) in [7, 11) is 1.85. The molecule has 0 radical (unpaired) electrons. The number of anilines is 1. The molecule has 2 rings (SSSR count). The number of allylic oxidation sites excluding steroid dienone is 2. The second-order valence-corrected chi connectivity index (χ2v) is 9.59. The van der Waals surface area contributed by atoms with Gasteiger partial charge in [0.15, 0.2) is 0 Å². The van der Waals surface area contributed by atoms with Crippen LogP contribution in [0, 0.1) is 16.0 Å². The Morgan fingerprint density at radius 2 is 1.69 bits per heavy atom. The molecule has 0 bridgehead atoms. The molecule has 17 heteroatoms. The van der Waals surface area contributed by atoms with Gasteiger partial charge in [0.2, 0.25) is 12.3 Å². The van der Waals surface area contributed by atoms with Gasteiger partial charge in [-0.05, 0) is 67.4 Å². The molecule has 0 aliphatic heterocycles. The molecule has 0 aliphatic rings. The van der Waals surface area contributed by atoms with Crippen molar-refractivity contribution in [2.24, 2.45) is 11.7 Å². The van der Waals surface area contributed by atoms with Crippen molar-refractivity contribution in [1.82, 2.24) is 21.3 Å². The number of amides is 5. The molecule has 16 nitrogen and oxygen atoms in total. The Hall–Kier alpha value is -6.93. The molecule has 0 fully saturated rings. The van der Waals surface area contributed by atoms with E-state index in [1.807, 2.05) is 33.2 Å². The van der Waals surface area contributed by atoms with Gasteiger partial charge in [-0.2, -0.15) is 6.41 Å². The number of benzene rings is 2. The molecule has 49 heavy (non-hydrogen) atoms. The van der Waals surface area contributed by atoms with E-state index in [2.05, 4.69) is 47.0 Å². The van der Waals surface area contributed by atoms with Crippen LogP contribution in [0.5, 0.6) is 5.75 Å². The number of ether oxygens (including phenoxy) is 2. The van der Waals surface area contributed by atoms with Gasteiger partial charge >= 0.3 is 12.2 Å². The van der Waals surface area contributed by atoms with Crippen molar-refractivity contribution in [3.05, 3.63) is 89.1 Å². The van der Waals surface area contributed by atoms with E-state index >= 15 is 0 Å². The van der Waals surface area contributed by atoms with Crippen LogP contribution in [0.2, 0.25) is 0 Å². The van der Waals surface area contributed by atoms with Crippen LogP contribution in [0.15, 0.2) is 73.5 Å². The van der Waals surface area contributed by atoms with Crippen molar-refractivity contribution in [2.45, 2.75) is 46.8 Å². The topological polar surface area (TPSA) is 233 Å². The Kier molecular flexibility index (Phi) is 28.2. The number of urea groups is 1. The van der Waals surface area contributed by atoms with E-state index in [1.165, 1.54) is 24.3 Å². The molecule has 1 atom stereocenters. The van der Waals surface area contributed by atoms with E-state index < -0.39 is 17.1 Å². The first-order chi connectivity index (χ1) is 22.8. The first kappa shape index (κ1) is 46.5. The van der Waals surface area contributed by atoms with E-state index in [9.17, 15) is 34.1 Å². The van der Waals surface area contributed by atoms with E-state index in [4.69, 9.17) is 15.2 Å². The van der Waals surface area contributed by atoms with Crippen molar-refractivity contribution in [3.8, 4) is 5.75 Å². The third-order valence-corrected chi connectivity index (χ3v) is 5.42. The monoisotopic (exact) mass is 929 g/mol. The molecule has 0 aromatic heterocycles. The molecule has 276 valence electrons. The number of primary amides is 1. The van der Waals surface area contributed by atoms with Crippen molar-refractivity contribution in [3.63, 3.8) is 0 Å². The number of nitro benzene ring substituents is 1. The summed E-state index contributed by atoms with van der Waals surface area (Å²) in [5.41, 5.74) is 5.78. The maximum Gasteiger partial charge on any atom is 0.514 e. The molecule has 0 aliphatic carbocycles. The van der Waals surface area contributed by atoms with E-state index in [1.54, 1.807) is 36.8 Å². The SMILES string of the molecule is C=C/C=C\NC.CC(C)C(C)N[C-]=O.CCCNC(N)=O.O=CNCC(=O)Nc1ccc(COC(=O)Oc2ccc([N+](=O)[O-])cc2)cc1.[Fm]. The quantitative estimate of drug-likeness (QED) is 0.0222. The van der Waals surface area contributed by atoms with Crippen LogP contribution in [0.4, 0.5) is 21.0 Å². The maximum atomic E-state index is 11.6. The van der Waals surface area contributed by atoms with Crippen molar-refractivity contribution in [2.75, 3.05) is 25.5 Å². The fraction of sp³-hybridized carbons (Fsp3) is 0.344. The number of non-ortho nitro benzene ring substituents is 1. The van der Waals surface area contributed by atoms with Crippen LogP contribution < -0.4 is 37.1 Å². The maximum absolute atomic E-state index is 11.6. The smallest absolute Gasteiger partial charge is 0.514 e. The summed E-state index contributed by atoms with van der Waals surface area (Å²) in [6.45, 7) is 12.0. The van der Waals surface area contributed by atoms with Gasteiger partial charge in [0.1, 0.15) is 12.4 Å². The number of hydrogen-bond donors (Lipinski definition) is 6. The van der Waals surface area contributed by atoms with E-state index in [0.717, 1.165) is 6.42 Å². The minimum Gasteiger partial charge on any atom is -0.527 e. The van der Waals surface area contributed by atoms with Gasteiger partial charge in [-0.3, -0.25) is 19.7 Å². The first-order valence-electron chi connectivity index (χ1n) is 14.6. The zero-order valence-electron chi connectivity index (χ0n) is 28.1. The minimum atomic E-state index is -0.957. The van der Waals surface area contributed by atoms with E-state index in [0.29, 0.717) is 30.1 Å². The number of nitrogens with two attached hydrogens (primary N) is 1. The number of nitrogens with zero attached hydrogens (tertiary/aromatic N) is 1. The zero-order valence-corrected chi connectivity index (χ0v) is 30.5. The fourth-order valence-electron chi connectivity index (χ4n) is 2.60. The number of rotatable bonds is 15. The van der Waals surface area contributed by atoms with Crippen molar-refractivity contribution < 1.29 is 38.4 Å². The Bertz CT molecular complexity index is 1280. The van der Waals surface area contributed by atoms with Gasteiger partial charge in [-0.25, -0.2) is 9.59 Å². The molecule has 2 aromatic carbocycles. The summed E-state index contributed by atoms with van der Waals surface area (Å²) in [6.07, 6.45) is 7.42. The number of carbonyl (C=O) groups excluding carboxylic acids is 5. The molecule has 2 aromatic rings. The molecule has 0 saturated carbocycles. The van der Waals surface area contributed by atoms with Gasteiger partial charge in [-0.15, -0.1) is 0 Å². The number of nitro groups is 1. The summed E-state index contributed by atoms with van der Waals surface area (Å²) in [5.74, 6) is 0.238. The van der Waals surface area contributed by atoms with Crippen LogP contribution in [-0.2, 0) is 25.7 Å².